The van der Waals surface area contributed by atoms with Gasteiger partial charge in [0.2, 0.25) is 0 Å². The lowest BCUT2D eigenvalue weighted by molar-refractivity contribution is 0.367. The summed E-state index contributed by atoms with van der Waals surface area (Å²) in [4.78, 5) is 0. The SMILES string of the molecule is CC(C)C(=Cc1ccccc1OCC#N)CNC1CC1. The van der Waals surface area contributed by atoms with Gasteiger partial charge in [0.05, 0.1) is 0 Å². The number of nitriles is 1. The number of hydrogen-bond donors (Lipinski definition) is 1. The van der Waals surface area contributed by atoms with Crippen molar-refractivity contribution in [3.8, 4) is 11.8 Å². The summed E-state index contributed by atoms with van der Waals surface area (Å²) in [6.07, 6.45) is 4.78. The van der Waals surface area contributed by atoms with Crippen LogP contribution in [0.4, 0.5) is 0 Å². The van der Waals surface area contributed by atoms with Crippen LogP contribution in [0.1, 0.15) is 32.3 Å². The fraction of sp³-hybridized carbons (Fsp3) is 0.471. The van der Waals surface area contributed by atoms with Gasteiger partial charge in [-0.25, -0.2) is 0 Å². The molecular weight excluding hydrogens is 248 g/mol. The van der Waals surface area contributed by atoms with E-state index in [1.54, 1.807) is 0 Å². The third-order valence-electron chi connectivity index (χ3n) is 3.47. The minimum atomic E-state index is 0.0855. The second-order valence-corrected chi connectivity index (χ2v) is 5.51. The molecule has 1 saturated carbocycles. The van der Waals surface area contributed by atoms with Gasteiger partial charge < -0.3 is 10.1 Å². The van der Waals surface area contributed by atoms with Crippen molar-refractivity contribution in [1.82, 2.24) is 5.32 Å². The Morgan fingerprint density at radius 3 is 2.85 bits per heavy atom. The smallest absolute Gasteiger partial charge is 0.174 e. The van der Waals surface area contributed by atoms with Crippen LogP contribution in [0, 0.1) is 17.2 Å². The van der Waals surface area contributed by atoms with E-state index in [0.29, 0.717) is 12.0 Å². The Morgan fingerprint density at radius 1 is 1.45 bits per heavy atom. The van der Waals surface area contributed by atoms with Gasteiger partial charge in [-0.2, -0.15) is 5.26 Å². The first-order valence-electron chi connectivity index (χ1n) is 7.23. The minimum Gasteiger partial charge on any atom is -0.478 e. The van der Waals surface area contributed by atoms with Gasteiger partial charge in [0.1, 0.15) is 11.8 Å². The predicted molar refractivity (Wildman–Crippen MR) is 81.4 cm³/mol. The summed E-state index contributed by atoms with van der Waals surface area (Å²) < 4.78 is 5.48. The van der Waals surface area contributed by atoms with Crippen LogP contribution in [0.15, 0.2) is 29.8 Å². The lowest BCUT2D eigenvalue weighted by Crippen LogP contribution is -2.21. The topological polar surface area (TPSA) is 45.0 Å². The summed E-state index contributed by atoms with van der Waals surface area (Å²) in [6.45, 7) is 5.43. The van der Waals surface area contributed by atoms with Crippen molar-refractivity contribution in [2.75, 3.05) is 13.2 Å². The molecule has 0 aliphatic heterocycles. The number of benzene rings is 1. The first-order valence-corrected chi connectivity index (χ1v) is 7.23. The number of rotatable bonds is 7. The molecule has 1 aliphatic carbocycles. The molecule has 1 aliphatic rings. The maximum Gasteiger partial charge on any atom is 0.174 e. The van der Waals surface area contributed by atoms with Crippen LogP contribution < -0.4 is 10.1 Å². The average molecular weight is 270 g/mol. The van der Waals surface area contributed by atoms with Crippen molar-refractivity contribution in [1.29, 1.82) is 5.26 Å². The van der Waals surface area contributed by atoms with Crippen molar-refractivity contribution in [3.63, 3.8) is 0 Å². The van der Waals surface area contributed by atoms with Gasteiger partial charge in [0.25, 0.3) is 0 Å². The molecule has 0 aromatic heterocycles. The first kappa shape index (κ1) is 14.6. The van der Waals surface area contributed by atoms with Gasteiger partial charge in [-0.1, -0.05) is 43.7 Å². The molecule has 0 bridgehead atoms. The number of para-hydroxylation sites is 1. The molecule has 0 spiro atoms. The Kier molecular flexibility index (Phi) is 5.20. The highest BCUT2D eigenvalue weighted by Gasteiger charge is 2.20. The third kappa shape index (κ3) is 4.40. The summed E-state index contributed by atoms with van der Waals surface area (Å²) in [5, 5.41) is 12.2. The molecule has 2 rings (SSSR count). The zero-order chi connectivity index (χ0) is 14.4. The van der Waals surface area contributed by atoms with Gasteiger partial charge >= 0.3 is 0 Å². The first-order chi connectivity index (χ1) is 9.70. The Bertz CT molecular complexity index is 510. The highest BCUT2D eigenvalue weighted by molar-refractivity contribution is 5.60. The summed E-state index contributed by atoms with van der Waals surface area (Å²) in [5.74, 6) is 1.27. The van der Waals surface area contributed by atoms with Crippen LogP contribution in [-0.2, 0) is 0 Å². The van der Waals surface area contributed by atoms with Gasteiger partial charge in [-0.3, -0.25) is 0 Å². The van der Waals surface area contributed by atoms with E-state index in [0.717, 1.165) is 17.9 Å². The molecule has 0 atom stereocenters. The van der Waals surface area contributed by atoms with E-state index in [1.807, 2.05) is 30.3 Å². The van der Waals surface area contributed by atoms with Crippen molar-refractivity contribution in [3.05, 3.63) is 35.4 Å². The Morgan fingerprint density at radius 2 is 2.20 bits per heavy atom. The predicted octanol–water partition coefficient (Wildman–Crippen LogP) is 3.38. The van der Waals surface area contributed by atoms with E-state index in [2.05, 4.69) is 25.2 Å². The van der Waals surface area contributed by atoms with E-state index >= 15 is 0 Å². The Balaban J connectivity index is 2.13. The molecule has 0 radical (unpaired) electrons. The Labute approximate surface area is 121 Å². The lowest BCUT2D eigenvalue weighted by atomic mass is 10.00. The monoisotopic (exact) mass is 270 g/mol. The second kappa shape index (κ2) is 7.12. The molecule has 0 heterocycles. The molecule has 106 valence electrons. The normalized spacial score (nSPS) is 15.2. The molecule has 1 aromatic rings. The Hall–Kier alpha value is -1.79. The van der Waals surface area contributed by atoms with Gasteiger partial charge in [-0.05, 0) is 24.8 Å². The van der Waals surface area contributed by atoms with E-state index in [1.165, 1.54) is 18.4 Å². The fourth-order valence-corrected chi connectivity index (χ4v) is 2.01. The zero-order valence-electron chi connectivity index (χ0n) is 12.2. The number of ether oxygens (including phenoxy) is 1. The van der Waals surface area contributed by atoms with E-state index in [9.17, 15) is 0 Å². The van der Waals surface area contributed by atoms with Crippen LogP contribution in [0.3, 0.4) is 0 Å². The molecule has 3 nitrogen and oxygen atoms in total. The average Bonchev–Trinajstić information content (AvgIpc) is 3.26. The van der Waals surface area contributed by atoms with Crippen LogP contribution in [-0.4, -0.2) is 19.2 Å². The highest BCUT2D eigenvalue weighted by Crippen LogP contribution is 2.24. The highest BCUT2D eigenvalue weighted by atomic mass is 16.5. The van der Waals surface area contributed by atoms with Crippen LogP contribution in [0.2, 0.25) is 0 Å². The summed E-state index contributed by atoms with van der Waals surface area (Å²) in [7, 11) is 0. The quantitative estimate of drug-likeness (QED) is 0.826. The molecule has 0 amide bonds. The second-order valence-electron chi connectivity index (χ2n) is 5.51. The molecule has 1 aromatic carbocycles. The van der Waals surface area contributed by atoms with Crippen LogP contribution >= 0.6 is 0 Å². The van der Waals surface area contributed by atoms with Crippen molar-refractivity contribution >= 4 is 6.08 Å². The molecule has 1 fully saturated rings. The van der Waals surface area contributed by atoms with E-state index in [-0.39, 0.29) is 6.61 Å². The minimum absolute atomic E-state index is 0.0855. The molecule has 0 unspecified atom stereocenters. The number of nitrogens with zero attached hydrogens (tertiary/aromatic N) is 1. The molecule has 0 saturated heterocycles. The largest absolute Gasteiger partial charge is 0.478 e. The standard InChI is InChI=1S/C17H22N2O/c1-13(2)15(12-19-16-7-8-16)11-14-5-3-4-6-17(14)20-10-9-18/h3-6,11,13,16,19H,7-8,10,12H2,1-2H3. The summed E-state index contributed by atoms with van der Waals surface area (Å²) >= 11 is 0. The zero-order valence-corrected chi connectivity index (χ0v) is 12.2. The summed E-state index contributed by atoms with van der Waals surface area (Å²) in [6, 6.07) is 10.6. The number of nitrogens with one attached hydrogen (secondary N) is 1. The third-order valence-corrected chi connectivity index (χ3v) is 3.47. The molecule has 1 N–H and O–H groups in total. The molecular formula is C17H22N2O. The fourth-order valence-electron chi connectivity index (χ4n) is 2.01. The molecule has 3 heteroatoms. The van der Waals surface area contributed by atoms with Gasteiger partial charge in [-0.15, -0.1) is 0 Å². The van der Waals surface area contributed by atoms with Crippen LogP contribution in [0.5, 0.6) is 5.75 Å². The van der Waals surface area contributed by atoms with Crippen molar-refractivity contribution in [2.45, 2.75) is 32.7 Å². The maximum absolute atomic E-state index is 8.64. The molecule has 20 heavy (non-hydrogen) atoms. The van der Waals surface area contributed by atoms with Crippen LogP contribution in [0.25, 0.3) is 6.08 Å². The van der Waals surface area contributed by atoms with E-state index < -0.39 is 0 Å². The van der Waals surface area contributed by atoms with Gasteiger partial charge in [0.15, 0.2) is 6.61 Å². The van der Waals surface area contributed by atoms with E-state index in [4.69, 9.17) is 10.00 Å². The lowest BCUT2D eigenvalue weighted by Gasteiger charge is -2.14. The van der Waals surface area contributed by atoms with Crippen molar-refractivity contribution in [2.24, 2.45) is 5.92 Å². The van der Waals surface area contributed by atoms with Crippen molar-refractivity contribution < 1.29 is 4.74 Å². The summed E-state index contributed by atoms with van der Waals surface area (Å²) in [5.41, 5.74) is 2.41. The van der Waals surface area contributed by atoms with Gasteiger partial charge in [0, 0.05) is 18.2 Å². The maximum atomic E-state index is 8.64. The number of hydrogen-bond acceptors (Lipinski definition) is 3.